The molecule has 0 bridgehead atoms. The van der Waals surface area contributed by atoms with Crippen LogP contribution in [0.25, 0.3) is 22.3 Å². The Morgan fingerprint density at radius 1 is 1.12 bits per heavy atom. The van der Waals surface area contributed by atoms with Gasteiger partial charge in [0.05, 0.1) is 5.52 Å². The number of hydrogen-bond donors (Lipinski definition) is 1. The molecule has 7 heteroatoms. The SMILES string of the molecule is C[C@@H](OC(=O)c1n[nH]c2ccccc12)c1nc(-c2ccccc2)no1. The summed E-state index contributed by atoms with van der Waals surface area (Å²) in [5.41, 5.74) is 1.82. The zero-order valence-corrected chi connectivity index (χ0v) is 13.3. The predicted molar refractivity (Wildman–Crippen MR) is 89.7 cm³/mol. The molecule has 0 fully saturated rings. The van der Waals surface area contributed by atoms with E-state index in [-0.39, 0.29) is 11.6 Å². The Kier molecular flexibility index (Phi) is 3.74. The van der Waals surface area contributed by atoms with Crippen LogP contribution in [0.15, 0.2) is 59.1 Å². The van der Waals surface area contributed by atoms with Crippen LogP contribution >= 0.6 is 0 Å². The fourth-order valence-corrected chi connectivity index (χ4v) is 2.49. The second kappa shape index (κ2) is 6.20. The molecule has 0 aliphatic carbocycles. The van der Waals surface area contributed by atoms with E-state index in [9.17, 15) is 4.79 Å². The van der Waals surface area contributed by atoms with E-state index < -0.39 is 12.1 Å². The first-order valence-electron chi connectivity index (χ1n) is 7.75. The number of aromatic nitrogens is 4. The highest BCUT2D eigenvalue weighted by atomic mass is 16.6. The highest BCUT2D eigenvalue weighted by molar-refractivity contribution is 6.01. The molecule has 4 rings (SSSR count). The van der Waals surface area contributed by atoms with Gasteiger partial charge < -0.3 is 9.26 Å². The van der Waals surface area contributed by atoms with E-state index in [4.69, 9.17) is 9.26 Å². The van der Waals surface area contributed by atoms with Crippen LogP contribution in [0.4, 0.5) is 0 Å². The van der Waals surface area contributed by atoms with Crippen molar-refractivity contribution >= 4 is 16.9 Å². The van der Waals surface area contributed by atoms with Gasteiger partial charge in [-0.25, -0.2) is 4.79 Å². The number of nitrogens with zero attached hydrogens (tertiary/aromatic N) is 3. The number of nitrogens with one attached hydrogen (secondary N) is 1. The highest BCUT2D eigenvalue weighted by Crippen LogP contribution is 2.23. The van der Waals surface area contributed by atoms with Gasteiger partial charge in [-0.1, -0.05) is 53.7 Å². The number of esters is 1. The molecule has 0 radical (unpaired) electrons. The van der Waals surface area contributed by atoms with Crippen LogP contribution in [0, 0.1) is 0 Å². The third kappa shape index (κ3) is 2.87. The molecule has 7 nitrogen and oxygen atoms in total. The van der Waals surface area contributed by atoms with Crippen LogP contribution in [0.1, 0.15) is 29.4 Å². The molecule has 4 aromatic rings. The third-order valence-corrected chi connectivity index (χ3v) is 3.77. The van der Waals surface area contributed by atoms with Crippen LogP contribution in [-0.2, 0) is 4.74 Å². The van der Waals surface area contributed by atoms with E-state index >= 15 is 0 Å². The lowest BCUT2D eigenvalue weighted by atomic mass is 10.2. The molecule has 1 N–H and O–H groups in total. The van der Waals surface area contributed by atoms with E-state index in [1.54, 1.807) is 13.0 Å². The van der Waals surface area contributed by atoms with Crippen molar-refractivity contribution in [3.05, 3.63) is 66.2 Å². The fourth-order valence-electron chi connectivity index (χ4n) is 2.49. The number of benzene rings is 2. The molecule has 0 spiro atoms. The quantitative estimate of drug-likeness (QED) is 0.574. The van der Waals surface area contributed by atoms with Gasteiger partial charge in [-0.2, -0.15) is 10.1 Å². The van der Waals surface area contributed by atoms with Crippen LogP contribution < -0.4 is 0 Å². The number of carbonyl (C=O) groups is 1. The lowest BCUT2D eigenvalue weighted by molar-refractivity contribution is 0.0261. The van der Waals surface area contributed by atoms with Gasteiger partial charge in [0.25, 0.3) is 5.89 Å². The summed E-state index contributed by atoms with van der Waals surface area (Å²) >= 11 is 0. The molecule has 0 amide bonds. The lowest BCUT2D eigenvalue weighted by Crippen LogP contribution is -2.10. The van der Waals surface area contributed by atoms with Crippen molar-refractivity contribution in [1.29, 1.82) is 0 Å². The van der Waals surface area contributed by atoms with E-state index in [0.717, 1.165) is 11.1 Å². The Labute approximate surface area is 142 Å². The molecule has 0 saturated carbocycles. The minimum absolute atomic E-state index is 0.227. The maximum atomic E-state index is 12.4. The Balaban J connectivity index is 1.53. The number of para-hydroxylation sites is 1. The second-order valence-electron chi connectivity index (χ2n) is 5.49. The topological polar surface area (TPSA) is 93.9 Å². The standard InChI is InChI=1S/C18H14N4O3/c1-11(17-19-16(22-25-17)12-7-3-2-4-8-12)24-18(23)15-13-9-5-6-10-14(13)20-21-15/h2-11H,1H3,(H,20,21)/t11-/m1/s1. The predicted octanol–water partition coefficient (Wildman–Crippen LogP) is 3.53. The maximum Gasteiger partial charge on any atom is 0.360 e. The summed E-state index contributed by atoms with van der Waals surface area (Å²) in [6.45, 7) is 1.68. The Hall–Kier alpha value is -3.48. The van der Waals surface area contributed by atoms with E-state index in [2.05, 4.69) is 20.3 Å². The number of rotatable bonds is 4. The van der Waals surface area contributed by atoms with Gasteiger partial charge in [0.15, 0.2) is 11.8 Å². The van der Waals surface area contributed by atoms with E-state index in [0.29, 0.717) is 11.2 Å². The Bertz CT molecular complexity index is 1020. The number of carbonyl (C=O) groups excluding carboxylic acids is 1. The summed E-state index contributed by atoms with van der Waals surface area (Å²) < 4.78 is 10.6. The van der Waals surface area contributed by atoms with E-state index in [1.165, 1.54) is 0 Å². The van der Waals surface area contributed by atoms with Crippen LogP contribution in [0.3, 0.4) is 0 Å². The summed E-state index contributed by atoms with van der Waals surface area (Å²) in [4.78, 5) is 16.7. The maximum absolute atomic E-state index is 12.4. The first-order valence-corrected chi connectivity index (χ1v) is 7.75. The summed E-state index contributed by atoms with van der Waals surface area (Å²) in [5.74, 6) is 0.125. The molecular weight excluding hydrogens is 320 g/mol. The minimum atomic E-state index is -0.687. The normalized spacial score (nSPS) is 12.2. The molecule has 0 saturated heterocycles. The molecule has 0 aliphatic heterocycles. The third-order valence-electron chi connectivity index (χ3n) is 3.77. The summed E-state index contributed by atoms with van der Waals surface area (Å²) in [7, 11) is 0. The van der Waals surface area contributed by atoms with Crippen molar-refractivity contribution in [2.24, 2.45) is 0 Å². The number of ether oxygens (including phenoxy) is 1. The van der Waals surface area contributed by atoms with Crippen LogP contribution in [0.2, 0.25) is 0 Å². The van der Waals surface area contributed by atoms with Gasteiger partial charge in [0.2, 0.25) is 5.82 Å². The molecular formula is C18H14N4O3. The van der Waals surface area contributed by atoms with Crippen LogP contribution in [0.5, 0.6) is 0 Å². The zero-order valence-electron chi connectivity index (χ0n) is 13.3. The number of H-pyrrole nitrogens is 1. The number of aromatic amines is 1. The average molecular weight is 334 g/mol. The molecule has 2 heterocycles. The van der Waals surface area contributed by atoms with Crippen molar-refractivity contribution in [1.82, 2.24) is 20.3 Å². The molecule has 25 heavy (non-hydrogen) atoms. The molecule has 0 aliphatic rings. The Morgan fingerprint density at radius 3 is 2.72 bits per heavy atom. The van der Waals surface area contributed by atoms with Gasteiger partial charge in [0, 0.05) is 10.9 Å². The van der Waals surface area contributed by atoms with Gasteiger partial charge in [-0.3, -0.25) is 5.10 Å². The van der Waals surface area contributed by atoms with Crippen molar-refractivity contribution in [3.63, 3.8) is 0 Å². The molecule has 0 unspecified atom stereocenters. The van der Waals surface area contributed by atoms with E-state index in [1.807, 2.05) is 48.5 Å². The average Bonchev–Trinajstić information content (AvgIpc) is 3.30. The number of hydrogen-bond acceptors (Lipinski definition) is 6. The zero-order chi connectivity index (χ0) is 17.2. The molecule has 2 aromatic carbocycles. The summed E-state index contributed by atoms with van der Waals surface area (Å²) in [6, 6.07) is 16.8. The molecule has 124 valence electrons. The fraction of sp³-hybridized carbons (Fsp3) is 0.111. The van der Waals surface area contributed by atoms with Gasteiger partial charge in [-0.05, 0) is 13.0 Å². The summed E-state index contributed by atoms with van der Waals surface area (Å²) in [6.07, 6.45) is -0.687. The molecule has 1 atom stereocenters. The highest BCUT2D eigenvalue weighted by Gasteiger charge is 2.22. The largest absolute Gasteiger partial charge is 0.448 e. The van der Waals surface area contributed by atoms with Crippen LogP contribution in [-0.4, -0.2) is 26.3 Å². The molecule has 2 aromatic heterocycles. The van der Waals surface area contributed by atoms with Crippen molar-refractivity contribution in [2.45, 2.75) is 13.0 Å². The van der Waals surface area contributed by atoms with Crippen molar-refractivity contribution in [3.8, 4) is 11.4 Å². The van der Waals surface area contributed by atoms with Gasteiger partial charge in [-0.15, -0.1) is 0 Å². The second-order valence-corrected chi connectivity index (χ2v) is 5.49. The first-order chi connectivity index (χ1) is 12.2. The monoisotopic (exact) mass is 334 g/mol. The Morgan fingerprint density at radius 2 is 1.88 bits per heavy atom. The lowest BCUT2D eigenvalue weighted by Gasteiger charge is -2.07. The van der Waals surface area contributed by atoms with Crippen molar-refractivity contribution in [2.75, 3.05) is 0 Å². The van der Waals surface area contributed by atoms with Gasteiger partial charge in [0.1, 0.15) is 0 Å². The summed E-state index contributed by atoms with van der Waals surface area (Å²) in [5, 5.41) is 11.5. The first kappa shape index (κ1) is 15.1. The smallest absolute Gasteiger partial charge is 0.360 e. The van der Waals surface area contributed by atoms with Crippen molar-refractivity contribution < 1.29 is 14.1 Å². The van der Waals surface area contributed by atoms with Gasteiger partial charge >= 0.3 is 5.97 Å². The minimum Gasteiger partial charge on any atom is -0.448 e. The number of fused-ring (bicyclic) bond motifs is 1.